The Hall–Kier alpha value is -2.82. The van der Waals surface area contributed by atoms with Crippen LogP contribution >= 0.6 is 0 Å². The van der Waals surface area contributed by atoms with Crippen molar-refractivity contribution >= 4 is 5.57 Å². The number of hydrogen-bond acceptors (Lipinski definition) is 5. The molecule has 22 heavy (non-hydrogen) atoms. The van der Waals surface area contributed by atoms with Gasteiger partial charge in [-0.25, -0.2) is 0 Å². The van der Waals surface area contributed by atoms with Crippen LogP contribution < -0.4 is 18.9 Å². The van der Waals surface area contributed by atoms with Gasteiger partial charge in [-0.2, -0.15) is 0 Å². The van der Waals surface area contributed by atoms with E-state index in [1.54, 1.807) is 19.2 Å². The molecule has 0 bridgehead atoms. The molecule has 0 saturated heterocycles. The maximum Gasteiger partial charge on any atom is 0.231 e. The number of ether oxygens (including phenoxy) is 4. The van der Waals surface area contributed by atoms with Gasteiger partial charge in [-0.3, -0.25) is 0 Å². The first-order valence-corrected chi connectivity index (χ1v) is 6.68. The van der Waals surface area contributed by atoms with Crippen molar-refractivity contribution in [1.82, 2.24) is 0 Å². The zero-order valence-corrected chi connectivity index (χ0v) is 12.4. The van der Waals surface area contributed by atoms with E-state index in [4.69, 9.17) is 18.9 Å². The summed E-state index contributed by atoms with van der Waals surface area (Å²) in [6.45, 7) is 4.26. The van der Waals surface area contributed by atoms with Crippen LogP contribution in [0.4, 0.5) is 0 Å². The van der Waals surface area contributed by atoms with Crippen molar-refractivity contribution in [3.05, 3.63) is 48.0 Å². The first-order valence-electron chi connectivity index (χ1n) is 6.68. The van der Waals surface area contributed by atoms with Gasteiger partial charge in [-0.15, -0.1) is 0 Å². The van der Waals surface area contributed by atoms with E-state index in [9.17, 15) is 5.11 Å². The molecule has 0 aromatic heterocycles. The first kappa shape index (κ1) is 14.1. The third-order valence-electron chi connectivity index (χ3n) is 3.53. The van der Waals surface area contributed by atoms with Gasteiger partial charge in [0.05, 0.1) is 14.2 Å². The topological polar surface area (TPSA) is 57.2 Å². The molecule has 2 aromatic rings. The fourth-order valence-electron chi connectivity index (χ4n) is 2.35. The molecule has 1 aliphatic heterocycles. The van der Waals surface area contributed by atoms with Crippen molar-refractivity contribution in [2.75, 3.05) is 21.0 Å². The van der Waals surface area contributed by atoms with Gasteiger partial charge < -0.3 is 24.1 Å². The monoisotopic (exact) mass is 300 g/mol. The second-order valence-electron chi connectivity index (χ2n) is 4.78. The molecule has 0 atom stereocenters. The lowest BCUT2D eigenvalue weighted by Crippen LogP contribution is -1.93. The summed E-state index contributed by atoms with van der Waals surface area (Å²) in [5, 5.41) is 9.91. The van der Waals surface area contributed by atoms with Crippen LogP contribution in [0.5, 0.6) is 28.7 Å². The smallest absolute Gasteiger partial charge is 0.231 e. The Kier molecular flexibility index (Phi) is 3.55. The minimum absolute atomic E-state index is 0.0638. The molecule has 0 amide bonds. The standard InChI is InChI=1S/C17H16O5/c1-10(11-4-5-14(19-2)13(18)6-11)12-7-15(20-3)17-16(8-12)21-9-22-17/h4-8,18H,1,9H2,2-3H3. The number of phenols is 1. The lowest BCUT2D eigenvalue weighted by atomic mass is 9.98. The van der Waals surface area contributed by atoms with Crippen molar-refractivity contribution in [2.24, 2.45) is 0 Å². The summed E-state index contributed by atoms with van der Waals surface area (Å²) in [4.78, 5) is 0. The van der Waals surface area contributed by atoms with Gasteiger partial charge >= 0.3 is 0 Å². The molecule has 0 spiro atoms. The van der Waals surface area contributed by atoms with Crippen molar-refractivity contribution in [1.29, 1.82) is 0 Å². The van der Waals surface area contributed by atoms with Gasteiger partial charge in [0.15, 0.2) is 23.0 Å². The predicted octanol–water partition coefficient (Wildman–Crippen LogP) is 3.20. The lowest BCUT2D eigenvalue weighted by Gasteiger charge is -2.12. The third kappa shape index (κ3) is 2.30. The Morgan fingerprint density at radius 2 is 1.82 bits per heavy atom. The maximum atomic E-state index is 9.91. The summed E-state index contributed by atoms with van der Waals surface area (Å²) in [7, 11) is 3.08. The molecule has 0 fully saturated rings. The van der Waals surface area contributed by atoms with Crippen LogP contribution in [0, 0.1) is 0 Å². The number of rotatable bonds is 4. The van der Waals surface area contributed by atoms with E-state index in [0.717, 1.165) is 16.7 Å². The fraction of sp³-hybridized carbons (Fsp3) is 0.176. The van der Waals surface area contributed by atoms with Crippen molar-refractivity contribution in [3.63, 3.8) is 0 Å². The van der Waals surface area contributed by atoms with Gasteiger partial charge in [0.2, 0.25) is 12.5 Å². The summed E-state index contributed by atoms with van der Waals surface area (Å²) in [6, 6.07) is 8.81. The molecular weight excluding hydrogens is 284 g/mol. The highest BCUT2D eigenvalue weighted by molar-refractivity contribution is 5.81. The summed E-state index contributed by atoms with van der Waals surface area (Å²) < 4.78 is 21.2. The molecule has 114 valence electrons. The predicted molar refractivity (Wildman–Crippen MR) is 81.9 cm³/mol. The second-order valence-corrected chi connectivity index (χ2v) is 4.78. The molecule has 0 radical (unpaired) electrons. The zero-order valence-electron chi connectivity index (χ0n) is 12.4. The largest absolute Gasteiger partial charge is 0.504 e. The van der Waals surface area contributed by atoms with Crippen molar-refractivity contribution in [2.45, 2.75) is 0 Å². The highest BCUT2D eigenvalue weighted by Gasteiger charge is 2.21. The molecule has 1 aliphatic rings. The van der Waals surface area contributed by atoms with Crippen LogP contribution in [0.3, 0.4) is 0 Å². The van der Waals surface area contributed by atoms with E-state index in [1.807, 2.05) is 18.2 Å². The van der Waals surface area contributed by atoms with Gasteiger partial charge in [0.25, 0.3) is 0 Å². The van der Waals surface area contributed by atoms with Crippen LogP contribution in [0.1, 0.15) is 11.1 Å². The summed E-state index contributed by atoms with van der Waals surface area (Å²) in [6.07, 6.45) is 0. The van der Waals surface area contributed by atoms with Crippen molar-refractivity contribution in [3.8, 4) is 28.7 Å². The van der Waals surface area contributed by atoms with E-state index in [2.05, 4.69) is 6.58 Å². The number of phenolic OH excluding ortho intramolecular Hbond substituents is 1. The number of hydrogen-bond donors (Lipinski definition) is 1. The highest BCUT2D eigenvalue weighted by Crippen LogP contribution is 2.44. The Labute approximate surface area is 128 Å². The average Bonchev–Trinajstić information content (AvgIpc) is 3.01. The van der Waals surface area contributed by atoms with Gasteiger partial charge in [0, 0.05) is 0 Å². The quantitative estimate of drug-likeness (QED) is 0.939. The normalized spacial score (nSPS) is 12.1. The Bertz CT molecular complexity index is 736. The minimum Gasteiger partial charge on any atom is -0.504 e. The molecule has 2 aromatic carbocycles. The minimum atomic E-state index is 0.0638. The molecule has 1 N–H and O–H groups in total. The van der Waals surface area contributed by atoms with Crippen LogP contribution in [-0.2, 0) is 0 Å². The van der Waals surface area contributed by atoms with E-state index in [1.165, 1.54) is 7.11 Å². The van der Waals surface area contributed by atoms with Crippen LogP contribution in [0.2, 0.25) is 0 Å². The van der Waals surface area contributed by atoms with E-state index in [0.29, 0.717) is 23.0 Å². The van der Waals surface area contributed by atoms with E-state index in [-0.39, 0.29) is 12.5 Å². The molecule has 3 rings (SSSR count). The summed E-state index contributed by atoms with van der Waals surface area (Å²) >= 11 is 0. The van der Waals surface area contributed by atoms with Gasteiger partial charge in [-0.1, -0.05) is 12.6 Å². The SMILES string of the molecule is C=C(c1ccc(OC)c(O)c1)c1cc(OC)c2c(c1)OCO2. The van der Waals surface area contributed by atoms with E-state index >= 15 is 0 Å². The Morgan fingerprint density at radius 3 is 2.50 bits per heavy atom. The molecule has 0 unspecified atom stereocenters. The summed E-state index contributed by atoms with van der Waals surface area (Å²) in [5.41, 5.74) is 2.33. The van der Waals surface area contributed by atoms with Crippen LogP contribution in [0.15, 0.2) is 36.9 Å². The molecule has 5 heteroatoms. The highest BCUT2D eigenvalue weighted by atomic mass is 16.7. The maximum absolute atomic E-state index is 9.91. The molecule has 0 saturated carbocycles. The van der Waals surface area contributed by atoms with Crippen molar-refractivity contribution < 1.29 is 24.1 Å². The van der Waals surface area contributed by atoms with E-state index < -0.39 is 0 Å². The second kappa shape index (κ2) is 5.52. The third-order valence-corrected chi connectivity index (χ3v) is 3.53. The zero-order chi connectivity index (χ0) is 15.7. The summed E-state index contributed by atoms with van der Waals surface area (Å²) in [5.74, 6) is 2.28. The first-order chi connectivity index (χ1) is 10.6. The number of aromatic hydroxyl groups is 1. The fourth-order valence-corrected chi connectivity index (χ4v) is 2.35. The van der Waals surface area contributed by atoms with Crippen LogP contribution in [0.25, 0.3) is 5.57 Å². The lowest BCUT2D eigenvalue weighted by molar-refractivity contribution is 0.171. The molecule has 1 heterocycles. The number of fused-ring (bicyclic) bond motifs is 1. The molecule has 5 nitrogen and oxygen atoms in total. The van der Waals surface area contributed by atoms with Gasteiger partial charge in [-0.05, 0) is 41.0 Å². The number of benzene rings is 2. The van der Waals surface area contributed by atoms with Crippen LogP contribution in [-0.4, -0.2) is 26.1 Å². The average molecular weight is 300 g/mol. The number of methoxy groups -OCH3 is 2. The Balaban J connectivity index is 2.00. The Morgan fingerprint density at radius 1 is 1.05 bits per heavy atom. The van der Waals surface area contributed by atoms with Gasteiger partial charge in [0.1, 0.15) is 0 Å². The molecular formula is C17H16O5. The molecule has 0 aliphatic carbocycles.